The smallest absolute Gasteiger partial charge is 0.321 e. The van der Waals surface area contributed by atoms with Crippen molar-refractivity contribution in [2.24, 2.45) is 5.73 Å². The zero-order chi connectivity index (χ0) is 9.68. The second-order valence-corrected chi connectivity index (χ2v) is 3.24. The van der Waals surface area contributed by atoms with Crippen LogP contribution in [0.1, 0.15) is 12.8 Å². The molecule has 5 heteroatoms. The van der Waals surface area contributed by atoms with Crippen molar-refractivity contribution < 1.29 is 14.6 Å². The molecule has 0 aliphatic carbocycles. The minimum atomic E-state index is -0.972. The van der Waals surface area contributed by atoms with Crippen LogP contribution in [-0.2, 0) is 9.53 Å². The zero-order valence-electron chi connectivity index (χ0n) is 7.53. The highest BCUT2D eigenvalue weighted by Crippen LogP contribution is 2.10. The van der Waals surface area contributed by atoms with Gasteiger partial charge in [0.15, 0.2) is 0 Å². The number of ether oxygens (including phenoxy) is 1. The van der Waals surface area contributed by atoms with Gasteiger partial charge in [-0.25, -0.2) is 0 Å². The van der Waals surface area contributed by atoms with E-state index in [1.807, 2.05) is 0 Å². The monoisotopic (exact) mass is 188 g/mol. The van der Waals surface area contributed by atoms with Gasteiger partial charge in [0.1, 0.15) is 6.04 Å². The normalized spacial score (nSPS) is 24.5. The zero-order valence-corrected chi connectivity index (χ0v) is 7.53. The first kappa shape index (κ1) is 10.4. The lowest BCUT2D eigenvalue weighted by Crippen LogP contribution is -2.42. The molecule has 0 aromatic rings. The molecule has 1 saturated heterocycles. The van der Waals surface area contributed by atoms with Crippen LogP contribution in [0.25, 0.3) is 0 Å². The van der Waals surface area contributed by atoms with Crippen LogP contribution in [0.15, 0.2) is 0 Å². The average Bonchev–Trinajstić information content (AvgIpc) is 2.56. The number of carbonyl (C=O) groups is 1. The van der Waals surface area contributed by atoms with Gasteiger partial charge in [-0.3, -0.25) is 4.79 Å². The second kappa shape index (κ2) is 5.16. The van der Waals surface area contributed by atoms with E-state index in [0.717, 1.165) is 19.4 Å². The summed E-state index contributed by atoms with van der Waals surface area (Å²) in [5.74, 6) is -0.972. The molecular weight excluding hydrogens is 172 g/mol. The first-order valence-corrected chi connectivity index (χ1v) is 4.51. The van der Waals surface area contributed by atoms with Crippen LogP contribution in [0.5, 0.6) is 0 Å². The third kappa shape index (κ3) is 3.71. The maximum absolute atomic E-state index is 10.3. The average molecular weight is 188 g/mol. The third-order valence-corrected chi connectivity index (χ3v) is 2.08. The van der Waals surface area contributed by atoms with Crippen molar-refractivity contribution in [1.82, 2.24) is 5.32 Å². The first-order chi connectivity index (χ1) is 6.20. The van der Waals surface area contributed by atoms with Crippen molar-refractivity contribution in [3.8, 4) is 0 Å². The number of carboxylic acid groups (broad SMARTS) is 1. The second-order valence-electron chi connectivity index (χ2n) is 3.24. The van der Waals surface area contributed by atoms with E-state index in [0.29, 0.717) is 13.1 Å². The lowest BCUT2D eigenvalue weighted by atomic mass is 10.2. The first-order valence-electron chi connectivity index (χ1n) is 4.51. The number of nitrogens with two attached hydrogens (primary N) is 1. The van der Waals surface area contributed by atoms with Crippen LogP contribution in [0.2, 0.25) is 0 Å². The van der Waals surface area contributed by atoms with Crippen molar-refractivity contribution in [1.29, 1.82) is 0 Å². The van der Waals surface area contributed by atoms with Crippen molar-refractivity contribution in [3.05, 3.63) is 0 Å². The summed E-state index contributed by atoms with van der Waals surface area (Å²) in [6, 6.07) is -0.818. The van der Waals surface area contributed by atoms with Crippen LogP contribution in [-0.4, -0.2) is 42.9 Å². The Morgan fingerprint density at radius 1 is 1.77 bits per heavy atom. The van der Waals surface area contributed by atoms with Gasteiger partial charge in [-0.1, -0.05) is 0 Å². The Labute approximate surface area is 77.2 Å². The standard InChI is InChI=1S/C8H16N2O3/c9-7(8(11)12)5-10-4-6-2-1-3-13-6/h6-7,10H,1-5,9H2,(H,11,12). The molecule has 1 heterocycles. The highest BCUT2D eigenvalue weighted by Gasteiger charge is 2.16. The Hall–Kier alpha value is -0.650. The lowest BCUT2D eigenvalue weighted by Gasteiger charge is -2.12. The number of carboxylic acids is 1. The highest BCUT2D eigenvalue weighted by molar-refractivity contribution is 5.73. The van der Waals surface area contributed by atoms with E-state index in [4.69, 9.17) is 15.6 Å². The molecule has 0 amide bonds. The fraction of sp³-hybridized carbons (Fsp3) is 0.875. The summed E-state index contributed by atoms with van der Waals surface area (Å²) in [5.41, 5.74) is 5.30. The number of hydrogen-bond donors (Lipinski definition) is 3. The van der Waals surface area contributed by atoms with E-state index in [2.05, 4.69) is 5.32 Å². The van der Waals surface area contributed by atoms with Gasteiger partial charge in [-0.05, 0) is 12.8 Å². The summed E-state index contributed by atoms with van der Waals surface area (Å²) >= 11 is 0. The van der Waals surface area contributed by atoms with Gasteiger partial charge < -0.3 is 20.9 Å². The minimum absolute atomic E-state index is 0.237. The molecule has 1 fully saturated rings. The Balaban J connectivity index is 2.02. The molecule has 76 valence electrons. The van der Waals surface area contributed by atoms with Crippen LogP contribution in [0.4, 0.5) is 0 Å². The van der Waals surface area contributed by atoms with Gasteiger partial charge in [0, 0.05) is 19.7 Å². The number of aliphatic carboxylic acids is 1. The molecule has 2 atom stereocenters. The molecular formula is C8H16N2O3. The molecule has 1 rings (SSSR count). The molecule has 0 aromatic heterocycles. The summed E-state index contributed by atoms with van der Waals surface area (Å²) in [7, 11) is 0. The summed E-state index contributed by atoms with van der Waals surface area (Å²) in [5, 5.41) is 11.5. The van der Waals surface area contributed by atoms with E-state index in [1.165, 1.54) is 0 Å². The molecule has 13 heavy (non-hydrogen) atoms. The van der Waals surface area contributed by atoms with Gasteiger partial charge in [-0.15, -0.1) is 0 Å². The van der Waals surface area contributed by atoms with E-state index < -0.39 is 12.0 Å². The number of hydrogen-bond acceptors (Lipinski definition) is 4. The SMILES string of the molecule is NC(CNCC1CCCO1)C(=O)O. The third-order valence-electron chi connectivity index (χ3n) is 2.08. The van der Waals surface area contributed by atoms with Crippen LogP contribution >= 0.6 is 0 Å². The van der Waals surface area contributed by atoms with E-state index in [-0.39, 0.29) is 6.10 Å². The Morgan fingerprint density at radius 3 is 3.08 bits per heavy atom. The van der Waals surface area contributed by atoms with Crippen LogP contribution in [0.3, 0.4) is 0 Å². The maximum Gasteiger partial charge on any atom is 0.321 e. The molecule has 2 unspecified atom stereocenters. The Bertz CT molecular complexity index is 169. The molecule has 4 N–H and O–H groups in total. The van der Waals surface area contributed by atoms with Gasteiger partial charge in [0.05, 0.1) is 6.10 Å². The lowest BCUT2D eigenvalue weighted by molar-refractivity contribution is -0.138. The van der Waals surface area contributed by atoms with Gasteiger partial charge in [0.25, 0.3) is 0 Å². The van der Waals surface area contributed by atoms with Crippen molar-refractivity contribution in [2.45, 2.75) is 25.0 Å². The summed E-state index contributed by atoms with van der Waals surface area (Å²) in [6.45, 7) is 1.81. The van der Waals surface area contributed by atoms with Gasteiger partial charge in [0.2, 0.25) is 0 Å². The fourth-order valence-corrected chi connectivity index (χ4v) is 1.29. The van der Waals surface area contributed by atoms with Crippen molar-refractivity contribution >= 4 is 5.97 Å². The highest BCUT2D eigenvalue weighted by atomic mass is 16.5. The maximum atomic E-state index is 10.3. The molecule has 1 aliphatic rings. The quantitative estimate of drug-likeness (QED) is 0.524. The summed E-state index contributed by atoms with van der Waals surface area (Å²) in [6.07, 6.45) is 2.38. The molecule has 0 aromatic carbocycles. The van der Waals surface area contributed by atoms with E-state index in [9.17, 15) is 4.79 Å². The molecule has 0 spiro atoms. The summed E-state index contributed by atoms with van der Waals surface area (Å²) in [4.78, 5) is 10.3. The molecule has 0 saturated carbocycles. The molecule has 1 aliphatic heterocycles. The number of rotatable bonds is 5. The molecule has 5 nitrogen and oxygen atoms in total. The van der Waals surface area contributed by atoms with Gasteiger partial charge >= 0.3 is 5.97 Å². The van der Waals surface area contributed by atoms with E-state index in [1.54, 1.807) is 0 Å². The van der Waals surface area contributed by atoms with Crippen molar-refractivity contribution in [3.63, 3.8) is 0 Å². The fourth-order valence-electron chi connectivity index (χ4n) is 1.29. The van der Waals surface area contributed by atoms with Crippen LogP contribution in [0, 0.1) is 0 Å². The number of nitrogens with one attached hydrogen (secondary N) is 1. The predicted molar refractivity (Wildman–Crippen MR) is 47.5 cm³/mol. The Morgan fingerprint density at radius 2 is 2.54 bits per heavy atom. The predicted octanol–water partition coefficient (Wildman–Crippen LogP) is -0.833. The minimum Gasteiger partial charge on any atom is -0.480 e. The van der Waals surface area contributed by atoms with E-state index >= 15 is 0 Å². The molecule has 0 bridgehead atoms. The summed E-state index contributed by atoms with van der Waals surface area (Å²) < 4.78 is 5.34. The van der Waals surface area contributed by atoms with Gasteiger partial charge in [-0.2, -0.15) is 0 Å². The Kier molecular flexibility index (Phi) is 4.14. The molecule has 0 radical (unpaired) electrons. The van der Waals surface area contributed by atoms with Crippen molar-refractivity contribution in [2.75, 3.05) is 19.7 Å². The largest absolute Gasteiger partial charge is 0.480 e. The van der Waals surface area contributed by atoms with Crippen LogP contribution < -0.4 is 11.1 Å². The topological polar surface area (TPSA) is 84.6 Å².